The second-order valence-electron chi connectivity index (χ2n) is 3.25. The fourth-order valence-corrected chi connectivity index (χ4v) is 2.66. The van der Waals surface area contributed by atoms with Gasteiger partial charge in [-0.25, -0.2) is 4.98 Å². The summed E-state index contributed by atoms with van der Waals surface area (Å²) in [4.78, 5) is 5.45. The molecule has 0 spiro atoms. The molecule has 78 valence electrons. The fourth-order valence-electron chi connectivity index (χ4n) is 1.16. The van der Waals surface area contributed by atoms with E-state index in [-0.39, 0.29) is 0 Å². The first-order chi connectivity index (χ1) is 7.15. The summed E-state index contributed by atoms with van der Waals surface area (Å²) in [5.74, 6) is 0. The van der Waals surface area contributed by atoms with Gasteiger partial charge < -0.3 is 0 Å². The van der Waals surface area contributed by atoms with Gasteiger partial charge in [0.25, 0.3) is 0 Å². The minimum Gasteiger partial charge on any atom is -0.275 e. The van der Waals surface area contributed by atoms with Gasteiger partial charge in [-0.1, -0.05) is 11.8 Å². The van der Waals surface area contributed by atoms with Crippen LogP contribution >= 0.6 is 27.7 Å². The molecule has 2 aromatic rings. The SMILES string of the molecule is Cc1cnc(Sc2cnn(C)c2)c(Br)c1. The Kier molecular flexibility index (Phi) is 3.11. The molecule has 2 rings (SSSR count). The minimum atomic E-state index is 0.966. The third-order valence-corrected chi connectivity index (χ3v) is 3.67. The predicted molar refractivity (Wildman–Crippen MR) is 64.0 cm³/mol. The molecule has 0 saturated heterocycles. The molecule has 0 bridgehead atoms. The van der Waals surface area contributed by atoms with Crippen LogP contribution in [0.3, 0.4) is 0 Å². The summed E-state index contributed by atoms with van der Waals surface area (Å²) < 4.78 is 2.81. The van der Waals surface area contributed by atoms with Crippen LogP contribution in [-0.4, -0.2) is 14.8 Å². The smallest absolute Gasteiger partial charge is 0.115 e. The summed E-state index contributed by atoms with van der Waals surface area (Å²) in [5, 5.41) is 5.08. The second kappa shape index (κ2) is 4.37. The number of hydrogen-bond donors (Lipinski definition) is 0. The van der Waals surface area contributed by atoms with Crippen LogP contribution in [0, 0.1) is 6.92 Å². The molecule has 0 N–H and O–H groups in total. The van der Waals surface area contributed by atoms with Crippen LogP contribution in [0.5, 0.6) is 0 Å². The van der Waals surface area contributed by atoms with Crippen molar-refractivity contribution in [1.82, 2.24) is 14.8 Å². The summed E-state index contributed by atoms with van der Waals surface area (Å²) in [6.07, 6.45) is 5.67. The van der Waals surface area contributed by atoms with Crippen molar-refractivity contribution in [2.75, 3.05) is 0 Å². The molecule has 0 aliphatic heterocycles. The Morgan fingerprint density at radius 3 is 2.80 bits per heavy atom. The third-order valence-electron chi connectivity index (χ3n) is 1.84. The van der Waals surface area contributed by atoms with Crippen molar-refractivity contribution in [3.63, 3.8) is 0 Å². The van der Waals surface area contributed by atoms with Gasteiger partial charge in [-0.3, -0.25) is 4.68 Å². The highest BCUT2D eigenvalue weighted by Crippen LogP contribution is 2.31. The van der Waals surface area contributed by atoms with Crippen molar-refractivity contribution in [3.8, 4) is 0 Å². The van der Waals surface area contributed by atoms with E-state index in [1.54, 1.807) is 16.4 Å². The van der Waals surface area contributed by atoms with E-state index < -0.39 is 0 Å². The van der Waals surface area contributed by atoms with E-state index in [1.165, 1.54) is 0 Å². The number of aryl methyl sites for hydroxylation is 2. The van der Waals surface area contributed by atoms with Gasteiger partial charge >= 0.3 is 0 Å². The van der Waals surface area contributed by atoms with Crippen LogP contribution < -0.4 is 0 Å². The molecular weight excluding hydrogens is 274 g/mol. The average molecular weight is 284 g/mol. The molecule has 0 saturated carbocycles. The van der Waals surface area contributed by atoms with Crippen molar-refractivity contribution in [3.05, 3.63) is 34.7 Å². The fraction of sp³-hybridized carbons (Fsp3) is 0.200. The van der Waals surface area contributed by atoms with Crippen LogP contribution in [0.15, 0.2) is 39.1 Å². The highest BCUT2D eigenvalue weighted by atomic mass is 79.9. The van der Waals surface area contributed by atoms with Crippen LogP contribution in [-0.2, 0) is 7.05 Å². The van der Waals surface area contributed by atoms with Gasteiger partial charge in [-0.2, -0.15) is 5.10 Å². The maximum Gasteiger partial charge on any atom is 0.115 e. The van der Waals surface area contributed by atoms with Crippen LogP contribution in [0.25, 0.3) is 0 Å². The van der Waals surface area contributed by atoms with Crippen molar-refractivity contribution in [2.45, 2.75) is 16.8 Å². The second-order valence-corrected chi connectivity index (χ2v) is 5.17. The van der Waals surface area contributed by atoms with Gasteiger partial charge in [0, 0.05) is 19.4 Å². The number of aromatic nitrogens is 3. The monoisotopic (exact) mass is 283 g/mol. The van der Waals surface area contributed by atoms with E-state index in [2.05, 4.69) is 32.1 Å². The van der Waals surface area contributed by atoms with Crippen LogP contribution in [0.4, 0.5) is 0 Å². The average Bonchev–Trinajstić information content (AvgIpc) is 2.56. The Labute approximate surface area is 101 Å². The van der Waals surface area contributed by atoms with Crippen LogP contribution in [0.1, 0.15) is 5.56 Å². The van der Waals surface area contributed by atoms with Gasteiger partial charge in [-0.15, -0.1) is 0 Å². The van der Waals surface area contributed by atoms with Gasteiger partial charge in [0.15, 0.2) is 0 Å². The lowest BCUT2D eigenvalue weighted by Gasteiger charge is -2.01. The number of hydrogen-bond acceptors (Lipinski definition) is 3. The molecule has 0 fully saturated rings. The summed E-state index contributed by atoms with van der Waals surface area (Å²) in [6.45, 7) is 2.02. The quantitative estimate of drug-likeness (QED) is 0.849. The zero-order valence-corrected chi connectivity index (χ0v) is 10.8. The van der Waals surface area contributed by atoms with E-state index >= 15 is 0 Å². The zero-order chi connectivity index (χ0) is 10.8. The standard InChI is InChI=1S/C10H10BrN3S/c1-7-3-9(11)10(12-4-7)15-8-5-13-14(2)6-8/h3-6H,1-2H3. The molecule has 15 heavy (non-hydrogen) atoms. The number of halogens is 1. The summed E-state index contributed by atoms with van der Waals surface area (Å²) in [7, 11) is 1.90. The number of pyridine rings is 1. The summed E-state index contributed by atoms with van der Waals surface area (Å²) in [6, 6.07) is 2.06. The first kappa shape index (κ1) is 10.7. The van der Waals surface area contributed by atoms with Gasteiger partial charge in [0.2, 0.25) is 0 Å². The third kappa shape index (κ3) is 2.60. The molecule has 5 heteroatoms. The topological polar surface area (TPSA) is 30.7 Å². The molecule has 2 aromatic heterocycles. The molecule has 0 atom stereocenters. The highest BCUT2D eigenvalue weighted by Gasteiger charge is 2.05. The molecular formula is C10H10BrN3S. The largest absolute Gasteiger partial charge is 0.275 e. The summed E-state index contributed by atoms with van der Waals surface area (Å²) >= 11 is 5.10. The Morgan fingerprint density at radius 2 is 2.20 bits per heavy atom. The van der Waals surface area contributed by atoms with Crippen molar-refractivity contribution in [2.24, 2.45) is 7.05 Å². The molecule has 0 radical (unpaired) electrons. The normalized spacial score (nSPS) is 10.6. The molecule has 0 aliphatic rings. The van der Waals surface area contributed by atoms with Crippen molar-refractivity contribution in [1.29, 1.82) is 0 Å². The Balaban J connectivity index is 2.24. The highest BCUT2D eigenvalue weighted by molar-refractivity contribution is 9.10. The van der Waals surface area contributed by atoms with Gasteiger partial charge in [0.1, 0.15) is 5.03 Å². The maximum atomic E-state index is 4.36. The molecule has 0 aromatic carbocycles. The predicted octanol–water partition coefficient (Wildman–Crippen LogP) is 3.04. The van der Waals surface area contributed by atoms with E-state index in [4.69, 9.17) is 0 Å². The Bertz CT molecular complexity index is 481. The molecule has 3 nitrogen and oxygen atoms in total. The van der Waals surface area contributed by atoms with Gasteiger partial charge in [-0.05, 0) is 34.5 Å². The molecule has 0 amide bonds. The zero-order valence-electron chi connectivity index (χ0n) is 8.44. The van der Waals surface area contributed by atoms with E-state index in [0.717, 1.165) is 20.0 Å². The van der Waals surface area contributed by atoms with Gasteiger partial charge in [0.05, 0.1) is 15.6 Å². The lowest BCUT2D eigenvalue weighted by atomic mass is 10.3. The minimum absolute atomic E-state index is 0.966. The first-order valence-corrected chi connectivity index (χ1v) is 6.05. The summed E-state index contributed by atoms with van der Waals surface area (Å²) in [5.41, 5.74) is 1.15. The maximum absolute atomic E-state index is 4.36. The lowest BCUT2D eigenvalue weighted by molar-refractivity contribution is 0.766. The van der Waals surface area contributed by atoms with Crippen molar-refractivity contribution >= 4 is 27.7 Å². The van der Waals surface area contributed by atoms with E-state index in [1.807, 2.05) is 32.6 Å². The molecule has 0 aliphatic carbocycles. The Hall–Kier alpha value is -0.810. The molecule has 0 unspecified atom stereocenters. The number of nitrogens with zero attached hydrogens (tertiary/aromatic N) is 3. The first-order valence-electron chi connectivity index (χ1n) is 4.44. The van der Waals surface area contributed by atoms with E-state index in [0.29, 0.717) is 0 Å². The van der Waals surface area contributed by atoms with Crippen LogP contribution in [0.2, 0.25) is 0 Å². The lowest BCUT2D eigenvalue weighted by Crippen LogP contribution is -1.84. The van der Waals surface area contributed by atoms with E-state index in [9.17, 15) is 0 Å². The Morgan fingerprint density at radius 1 is 1.40 bits per heavy atom. The number of rotatable bonds is 2. The molecule has 2 heterocycles. The van der Waals surface area contributed by atoms with Crippen molar-refractivity contribution < 1.29 is 0 Å².